The van der Waals surface area contributed by atoms with Crippen LogP contribution in [0.5, 0.6) is 0 Å². The molecule has 3 heteroatoms. The molecule has 1 fully saturated rings. The van der Waals surface area contributed by atoms with E-state index in [9.17, 15) is 10.2 Å². The van der Waals surface area contributed by atoms with E-state index in [0.29, 0.717) is 6.42 Å². The van der Waals surface area contributed by atoms with Crippen LogP contribution >= 0.6 is 0 Å². The molecule has 4 atom stereocenters. The maximum atomic E-state index is 10.0. The summed E-state index contributed by atoms with van der Waals surface area (Å²) in [6.07, 6.45) is 12.9. The molecule has 0 amide bonds. The fourth-order valence-electron chi connectivity index (χ4n) is 3.05. The van der Waals surface area contributed by atoms with Crippen molar-refractivity contribution >= 4 is 0 Å². The van der Waals surface area contributed by atoms with E-state index < -0.39 is 6.10 Å². The fourth-order valence-corrected chi connectivity index (χ4v) is 3.05. The number of hydrogen-bond acceptors (Lipinski definition) is 3. The zero-order chi connectivity index (χ0) is 15.5. The summed E-state index contributed by atoms with van der Waals surface area (Å²) in [5.41, 5.74) is 0. The number of hydrogen-bond donors (Lipinski definition) is 2. The Balaban J connectivity index is 2.10. The molecule has 0 aromatic rings. The number of ether oxygens (including phenoxy) is 1. The molecule has 0 saturated carbocycles. The lowest BCUT2D eigenvalue weighted by Crippen LogP contribution is -2.43. The molecule has 1 aliphatic heterocycles. The van der Waals surface area contributed by atoms with Crippen molar-refractivity contribution in [2.24, 2.45) is 0 Å². The topological polar surface area (TPSA) is 49.7 Å². The van der Waals surface area contributed by atoms with Crippen LogP contribution in [0.1, 0.15) is 77.6 Å². The van der Waals surface area contributed by atoms with Crippen molar-refractivity contribution in [3.63, 3.8) is 0 Å². The summed E-state index contributed by atoms with van der Waals surface area (Å²) >= 11 is 0. The van der Waals surface area contributed by atoms with Crippen LogP contribution in [0.3, 0.4) is 0 Å². The molecule has 0 aromatic carbocycles. The van der Waals surface area contributed by atoms with Gasteiger partial charge in [0.2, 0.25) is 0 Å². The third kappa shape index (κ3) is 7.44. The van der Waals surface area contributed by atoms with Crippen LogP contribution in [-0.2, 0) is 4.74 Å². The van der Waals surface area contributed by atoms with Gasteiger partial charge in [-0.2, -0.15) is 0 Å². The van der Waals surface area contributed by atoms with E-state index in [2.05, 4.69) is 13.5 Å². The molecule has 1 aliphatic rings. The second-order valence-corrected chi connectivity index (χ2v) is 6.35. The van der Waals surface area contributed by atoms with Crippen molar-refractivity contribution < 1.29 is 14.9 Å². The van der Waals surface area contributed by atoms with Crippen molar-refractivity contribution in [3.05, 3.63) is 12.7 Å². The van der Waals surface area contributed by atoms with Crippen LogP contribution < -0.4 is 0 Å². The first-order valence-corrected chi connectivity index (χ1v) is 8.83. The van der Waals surface area contributed by atoms with Crippen LogP contribution in [0.4, 0.5) is 0 Å². The molecular formula is C18H34O3. The maximum Gasteiger partial charge on any atom is 0.0980 e. The lowest BCUT2D eigenvalue weighted by Gasteiger charge is -2.35. The van der Waals surface area contributed by atoms with Gasteiger partial charge in [-0.15, -0.1) is 6.58 Å². The first-order chi connectivity index (χ1) is 10.2. The second-order valence-electron chi connectivity index (χ2n) is 6.35. The van der Waals surface area contributed by atoms with Gasteiger partial charge >= 0.3 is 0 Å². The highest BCUT2D eigenvalue weighted by atomic mass is 16.5. The Bertz CT molecular complexity index is 267. The highest BCUT2D eigenvalue weighted by Gasteiger charge is 2.32. The second kappa shape index (κ2) is 11.2. The summed E-state index contributed by atoms with van der Waals surface area (Å²) in [4.78, 5) is 0. The van der Waals surface area contributed by atoms with Gasteiger partial charge in [-0.1, -0.05) is 64.4 Å². The van der Waals surface area contributed by atoms with Crippen molar-refractivity contribution in [1.82, 2.24) is 0 Å². The summed E-state index contributed by atoms with van der Waals surface area (Å²) in [5.74, 6) is 0. The monoisotopic (exact) mass is 298 g/mol. The van der Waals surface area contributed by atoms with Crippen LogP contribution in [0, 0.1) is 0 Å². The maximum absolute atomic E-state index is 10.0. The third-order valence-electron chi connectivity index (χ3n) is 4.49. The van der Waals surface area contributed by atoms with Crippen molar-refractivity contribution in [1.29, 1.82) is 0 Å². The molecular weight excluding hydrogens is 264 g/mol. The van der Waals surface area contributed by atoms with Crippen molar-refractivity contribution in [2.45, 2.75) is 102 Å². The minimum atomic E-state index is -0.612. The zero-order valence-corrected chi connectivity index (χ0v) is 13.7. The van der Waals surface area contributed by atoms with E-state index in [1.165, 1.54) is 51.0 Å². The average molecular weight is 298 g/mol. The van der Waals surface area contributed by atoms with Crippen molar-refractivity contribution in [3.8, 4) is 0 Å². The lowest BCUT2D eigenvalue weighted by molar-refractivity contribution is -0.145. The minimum Gasteiger partial charge on any atom is -0.390 e. The van der Waals surface area contributed by atoms with Gasteiger partial charge in [0.15, 0.2) is 0 Å². The molecule has 0 aliphatic carbocycles. The predicted molar refractivity (Wildman–Crippen MR) is 87.3 cm³/mol. The van der Waals surface area contributed by atoms with Gasteiger partial charge in [0.05, 0.1) is 24.4 Å². The molecule has 1 heterocycles. The summed E-state index contributed by atoms with van der Waals surface area (Å²) in [6, 6.07) is 0. The first kappa shape index (κ1) is 18.7. The normalized spacial score (nSPS) is 27.5. The standard InChI is InChI=1S/C18H34O3/c1-3-5-6-7-8-9-10-11-12-17-16(20)13-14-18(21-17)15(19)4-2/h4,15-20H,2-3,5-14H2,1H3/t15-,16+,17-,18-/m0/s1. The average Bonchev–Trinajstić information content (AvgIpc) is 2.50. The summed E-state index contributed by atoms with van der Waals surface area (Å²) in [6.45, 7) is 5.85. The van der Waals surface area contributed by atoms with Gasteiger partial charge in [-0.05, 0) is 19.3 Å². The largest absolute Gasteiger partial charge is 0.390 e. The van der Waals surface area contributed by atoms with Crippen LogP contribution in [0.25, 0.3) is 0 Å². The van der Waals surface area contributed by atoms with Crippen LogP contribution in [0.15, 0.2) is 12.7 Å². The SMILES string of the molecule is C=C[C@H](O)[C@@H]1CC[C@@H](O)[C@H](CCCCCCCCCC)O1. The Kier molecular flexibility index (Phi) is 9.98. The summed E-state index contributed by atoms with van der Waals surface area (Å²) < 4.78 is 5.84. The number of aliphatic hydroxyl groups excluding tert-OH is 2. The van der Waals surface area contributed by atoms with E-state index >= 15 is 0 Å². The van der Waals surface area contributed by atoms with Gasteiger partial charge in [0, 0.05) is 0 Å². The van der Waals surface area contributed by atoms with Gasteiger partial charge in [0.1, 0.15) is 0 Å². The highest BCUT2D eigenvalue weighted by molar-refractivity contribution is 4.90. The third-order valence-corrected chi connectivity index (χ3v) is 4.49. The molecule has 21 heavy (non-hydrogen) atoms. The highest BCUT2D eigenvalue weighted by Crippen LogP contribution is 2.26. The molecule has 0 aromatic heterocycles. The molecule has 0 radical (unpaired) electrons. The molecule has 2 N–H and O–H groups in total. The van der Waals surface area contributed by atoms with E-state index in [1.54, 1.807) is 0 Å². The Labute approximate surface area is 130 Å². The summed E-state index contributed by atoms with van der Waals surface area (Å²) in [7, 11) is 0. The van der Waals surface area contributed by atoms with Gasteiger partial charge in [0.25, 0.3) is 0 Å². The van der Waals surface area contributed by atoms with Gasteiger partial charge < -0.3 is 14.9 Å². The molecule has 1 rings (SSSR count). The number of rotatable bonds is 11. The van der Waals surface area contributed by atoms with Gasteiger partial charge in [-0.25, -0.2) is 0 Å². The fraction of sp³-hybridized carbons (Fsp3) is 0.889. The Morgan fingerprint density at radius 3 is 2.33 bits per heavy atom. The van der Waals surface area contributed by atoms with Crippen molar-refractivity contribution in [2.75, 3.05) is 0 Å². The first-order valence-electron chi connectivity index (χ1n) is 8.83. The van der Waals surface area contributed by atoms with Crippen LogP contribution in [0.2, 0.25) is 0 Å². The van der Waals surface area contributed by atoms with E-state index in [4.69, 9.17) is 4.74 Å². The zero-order valence-electron chi connectivity index (χ0n) is 13.7. The van der Waals surface area contributed by atoms with E-state index in [1.807, 2.05) is 0 Å². The molecule has 0 spiro atoms. The minimum absolute atomic E-state index is 0.113. The van der Waals surface area contributed by atoms with E-state index in [0.717, 1.165) is 19.3 Å². The Hall–Kier alpha value is -0.380. The Morgan fingerprint density at radius 2 is 1.71 bits per heavy atom. The molecule has 0 bridgehead atoms. The molecule has 124 valence electrons. The molecule has 1 saturated heterocycles. The van der Waals surface area contributed by atoms with Gasteiger partial charge in [-0.3, -0.25) is 0 Å². The smallest absolute Gasteiger partial charge is 0.0980 e. The molecule has 3 nitrogen and oxygen atoms in total. The quantitative estimate of drug-likeness (QED) is 0.448. The van der Waals surface area contributed by atoms with E-state index in [-0.39, 0.29) is 18.3 Å². The van der Waals surface area contributed by atoms with Crippen LogP contribution in [-0.4, -0.2) is 34.6 Å². The lowest BCUT2D eigenvalue weighted by atomic mass is 9.94. The predicted octanol–water partition coefficient (Wildman–Crippen LogP) is 3.97. The Morgan fingerprint density at radius 1 is 1.10 bits per heavy atom. The summed E-state index contributed by atoms with van der Waals surface area (Å²) in [5, 5.41) is 19.8. The number of unbranched alkanes of at least 4 members (excludes halogenated alkanes) is 7. The molecule has 0 unspecified atom stereocenters. The number of aliphatic hydroxyl groups is 2.